The van der Waals surface area contributed by atoms with Gasteiger partial charge in [0.15, 0.2) is 0 Å². The van der Waals surface area contributed by atoms with Gasteiger partial charge in [-0.1, -0.05) is 84.9 Å². The highest BCUT2D eigenvalue weighted by Gasteiger charge is 2.46. The fourth-order valence-corrected chi connectivity index (χ4v) is 8.62. The lowest BCUT2D eigenvalue weighted by Gasteiger charge is -2.39. The van der Waals surface area contributed by atoms with Crippen LogP contribution < -0.4 is 14.2 Å². The standard InChI is InChI=1S/C54H54O17/c55-27-43-47(61)49(63)51(65)53(70-43)68-41-17-11-33(23-39(41)35-5-1-3-31(21-35)25-45(57)58)19-29-7-13-37(14-8-29)67-38-15-9-30(10-16-38)20-34-12-18-42(69-54-52(66)50(64)48(62)44(28-56)71-54)40(24-34)36-6-2-4-32(22-36)26-46(59)60/h1-18,21-24,43-44,47-56,61-66H,19-20,25-28H2,(H,57,58)(H,59,60)/t43-,44-,47-,48-,49+,50+,51+,52+,53+,54+/m1/s1. The molecular formula is C54H54O17. The summed E-state index contributed by atoms with van der Waals surface area (Å²) in [5.41, 5.74) is 7.07. The van der Waals surface area contributed by atoms with E-state index in [2.05, 4.69) is 0 Å². The average Bonchev–Trinajstić information content (AvgIpc) is 3.36. The highest BCUT2D eigenvalue weighted by molar-refractivity contribution is 5.76. The Morgan fingerprint density at radius 3 is 1.18 bits per heavy atom. The maximum atomic E-state index is 11.5. The molecule has 372 valence electrons. The van der Waals surface area contributed by atoms with Crippen LogP contribution in [0.3, 0.4) is 0 Å². The summed E-state index contributed by atoms with van der Waals surface area (Å²) in [7, 11) is 0. The van der Waals surface area contributed by atoms with E-state index in [1.54, 1.807) is 60.7 Å². The van der Waals surface area contributed by atoms with Gasteiger partial charge in [-0.2, -0.15) is 0 Å². The first-order valence-electron chi connectivity index (χ1n) is 22.8. The fraction of sp³-hybridized carbons (Fsp3) is 0.296. The molecule has 0 saturated carbocycles. The second-order valence-electron chi connectivity index (χ2n) is 17.6. The van der Waals surface area contributed by atoms with Gasteiger partial charge in [-0.05, 0) is 106 Å². The molecule has 2 heterocycles. The van der Waals surface area contributed by atoms with E-state index in [4.69, 9.17) is 23.7 Å². The van der Waals surface area contributed by atoms with Crippen LogP contribution in [0.2, 0.25) is 0 Å². The van der Waals surface area contributed by atoms with Gasteiger partial charge in [0.25, 0.3) is 0 Å². The van der Waals surface area contributed by atoms with Gasteiger partial charge in [0.2, 0.25) is 12.6 Å². The normalized spacial score (nSPS) is 24.2. The molecule has 2 aliphatic rings. The molecule has 0 aromatic heterocycles. The van der Waals surface area contributed by atoms with E-state index in [0.29, 0.717) is 57.7 Å². The number of aliphatic carboxylic acids is 2. The zero-order valence-electron chi connectivity index (χ0n) is 38.0. The molecule has 6 aromatic rings. The van der Waals surface area contributed by atoms with E-state index in [-0.39, 0.29) is 24.3 Å². The molecule has 0 radical (unpaired) electrons. The van der Waals surface area contributed by atoms with Crippen molar-refractivity contribution in [1.82, 2.24) is 0 Å². The van der Waals surface area contributed by atoms with Gasteiger partial charge in [0.05, 0.1) is 26.1 Å². The minimum Gasteiger partial charge on any atom is -0.481 e. The van der Waals surface area contributed by atoms with E-state index in [1.165, 1.54) is 0 Å². The lowest BCUT2D eigenvalue weighted by Crippen LogP contribution is -2.60. The van der Waals surface area contributed by atoms with Crippen LogP contribution in [0.4, 0.5) is 0 Å². The number of hydrogen-bond acceptors (Lipinski definition) is 15. The Balaban J connectivity index is 0.961. The van der Waals surface area contributed by atoms with Crippen molar-refractivity contribution in [1.29, 1.82) is 0 Å². The third-order valence-electron chi connectivity index (χ3n) is 12.4. The van der Waals surface area contributed by atoms with Crippen molar-refractivity contribution < 1.29 is 84.3 Å². The molecule has 2 saturated heterocycles. The molecule has 0 aliphatic carbocycles. The highest BCUT2D eigenvalue weighted by atomic mass is 16.7. The maximum absolute atomic E-state index is 11.5. The largest absolute Gasteiger partial charge is 0.481 e. The molecule has 71 heavy (non-hydrogen) atoms. The summed E-state index contributed by atoms with van der Waals surface area (Å²) >= 11 is 0. The summed E-state index contributed by atoms with van der Waals surface area (Å²) in [6.45, 7) is -1.25. The number of benzene rings is 6. The summed E-state index contributed by atoms with van der Waals surface area (Å²) in [4.78, 5) is 23.1. The van der Waals surface area contributed by atoms with Crippen molar-refractivity contribution in [3.63, 3.8) is 0 Å². The molecule has 8 rings (SSSR count). The smallest absolute Gasteiger partial charge is 0.307 e. The molecule has 17 nitrogen and oxygen atoms in total. The van der Waals surface area contributed by atoms with Crippen molar-refractivity contribution in [3.8, 4) is 45.3 Å². The van der Waals surface area contributed by atoms with E-state index in [1.807, 2.05) is 72.8 Å². The van der Waals surface area contributed by atoms with Gasteiger partial charge < -0.3 is 74.7 Å². The van der Waals surface area contributed by atoms with Crippen molar-refractivity contribution in [2.75, 3.05) is 13.2 Å². The fourth-order valence-electron chi connectivity index (χ4n) is 8.62. The predicted octanol–water partition coefficient (Wildman–Crippen LogP) is 3.61. The second kappa shape index (κ2) is 22.6. The minimum atomic E-state index is -1.64. The number of ether oxygens (including phenoxy) is 5. The Bertz CT molecular complexity index is 2590. The summed E-state index contributed by atoms with van der Waals surface area (Å²) in [5, 5.41) is 101. The summed E-state index contributed by atoms with van der Waals surface area (Å²) in [6, 6.07) is 39.7. The maximum Gasteiger partial charge on any atom is 0.307 e. The molecule has 10 atom stereocenters. The number of rotatable bonds is 18. The molecule has 0 bridgehead atoms. The monoisotopic (exact) mass is 974 g/mol. The predicted molar refractivity (Wildman–Crippen MR) is 254 cm³/mol. The molecule has 0 amide bonds. The van der Waals surface area contributed by atoms with Crippen LogP contribution in [0.15, 0.2) is 133 Å². The lowest BCUT2D eigenvalue weighted by atomic mass is 9.96. The first kappa shape index (κ1) is 50.6. The Morgan fingerprint density at radius 1 is 0.437 bits per heavy atom. The average molecular weight is 975 g/mol. The topological polar surface area (TPSA) is 283 Å². The van der Waals surface area contributed by atoms with Gasteiger partial charge in [-0.15, -0.1) is 0 Å². The molecule has 2 fully saturated rings. The number of hydrogen-bond donors (Lipinski definition) is 10. The van der Waals surface area contributed by atoms with Gasteiger partial charge in [0, 0.05) is 11.1 Å². The Labute approximate surface area is 407 Å². The zero-order chi connectivity index (χ0) is 50.3. The van der Waals surface area contributed by atoms with Crippen LogP contribution in [-0.2, 0) is 44.7 Å². The molecular weight excluding hydrogens is 921 g/mol. The van der Waals surface area contributed by atoms with Crippen LogP contribution in [0.5, 0.6) is 23.0 Å². The molecule has 10 N–H and O–H groups in total. The van der Waals surface area contributed by atoms with Crippen LogP contribution in [0, 0.1) is 0 Å². The third-order valence-corrected chi connectivity index (χ3v) is 12.4. The van der Waals surface area contributed by atoms with Crippen molar-refractivity contribution in [2.45, 2.75) is 87.1 Å². The van der Waals surface area contributed by atoms with Crippen LogP contribution >= 0.6 is 0 Å². The molecule has 0 unspecified atom stereocenters. The van der Waals surface area contributed by atoms with E-state index in [9.17, 15) is 60.7 Å². The van der Waals surface area contributed by atoms with E-state index in [0.717, 1.165) is 22.3 Å². The second-order valence-corrected chi connectivity index (χ2v) is 17.6. The van der Waals surface area contributed by atoms with Crippen LogP contribution in [0.1, 0.15) is 33.4 Å². The van der Waals surface area contributed by atoms with E-state index < -0.39 is 86.6 Å². The quantitative estimate of drug-likeness (QED) is 0.0589. The number of aliphatic hydroxyl groups is 8. The SMILES string of the molecule is O=C(O)Cc1cccc(-c2cc(Cc3ccc(Oc4ccc(Cc5ccc(O[C@H]6O[C@H](CO)[C@@H](O)[C@H](O)[C@@H]6O)c(-c6cccc(CC(=O)O)c6)c5)cc4)cc3)ccc2O[C@H]2O[C@H](CO)[C@@H](O)[C@H](O)[C@@H]2O)c1. The molecule has 2 aliphatic heterocycles. The van der Waals surface area contributed by atoms with Gasteiger partial charge >= 0.3 is 11.9 Å². The number of carbonyl (C=O) groups is 2. The van der Waals surface area contributed by atoms with Crippen molar-refractivity contribution in [2.24, 2.45) is 0 Å². The third kappa shape index (κ3) is 12.2. The molecule has 0 spiro atoms. The van der Waals surface area contributed by atoms with Crippen molar-refractivity contribution >= 4 is 11.9 Å². The molecule has 17 heteroatoms. The number of carboxylic acids is 2. The van der Waals surface area contributed by atoms with E-state index >= 15 is 0 Å². The number of carboxylic acid groups (broad SMARTS) is 2. The van der Waals surface area contributed by atoms with Gasteiger partial charge in [-0.25, -0.2) is 0 Å². The minimum absolute atomic E-state index is 0.211. The molecule has 6 aromatic carbocycles. The van der Waals surface area contributed by atoms with Gasteiger partial charge in [0.1, 0.15) is 71.8 Å². The Kier molecular flexibility index (Phi) is 16.1. The van der Waals surface area contributed by atoms with Crippen LogP contribution in [-0.4, -0.2) is 138 Å². The van der Waals surface area contributed by atoms with Gasteiger partial charge in [-0.3, -0.25) is 9.59 Å². The Hall–Kier alpha value is -6.74. The first-order chi connectivity index (χ1) is 34.2. The van der Waals surface area contributed by atoms with Crippen molar-refractivity contribution in [3.05, 3.63) is 167 Å². The first-order valence-corrected chi connectivity index (χ1v) is 22.8. The Morgan fingerprint density at radius 2 is 0.817 bits per heavy atom. The van der Waals surface area contributed by atoms with Crippen LogP contribution in [0.25, 0.3) is 22.3 Å². The summed E-state index contributed by atoms with van der Waals surface area (Å²) < 4.78 is 29.6. The number of aliphatic hydroxyl groups excluding tert-OH is 8. The lowest BCUT2D eigenvalue weighted by molar-refractivity contribution is -0.277. The summed E-state index contributed by atoms with van der Waals surface area (Å²) in [6.07, 6.45) is -14.4. The summed E-state index contributed by atoms with van der Waals surface area (Å²) in [5.74, 6) is -0.318. The highest BCUT2D eigenvalue weighted by Crippen LogP contribution is 2.37. The zero-order valence-corrected chi connectivity index (χ0v) is 38.0.